The van der Waals surface area contributed by atoms with Crippen molar-refractivity contribution in [2.45, 2.75) is 32.3 Å². The van der Waals surface area contributed by atoms with E-state index < -0.39 is 0 Å². The lowest BCUT2D eigenvalue weighted by Crippen LogP contribution is -2.51. The van der Waals surface area contributed by atoms with Gasteiger partial charge in [-0.3, -0.25) is 10.1 Å². The Bertz CT molecular complexity index is 971. The largest absolute Gasteiger partial charge is 0.441 e. The number of aromatic nitrogens is 3. The summed E-state index contributed by atoms with van der Waals surface area (Å²) >= 11 is 0. The molecule has 5 rings (SSSR count). The number of anilines is 1. The highest BCUT2D eigenvalue weighted by Gasteiger charge is 2.30. The van der Waals surface area contributed by atoms with E-state index in [-0.39, 0.29) is 12.2 Å². The van der Waals surface area contributed by atoms with Crippen molar-refractivity contribution in [1.29, 1.82) is 0 Å². The molecule has 8 nitrogen and oxygen atoms in total. The van der Waals surface area contributed by atoms with Gasteiger partial charge >= 0.3 is 6.09 Å². The summed E-state index contributed by atoms with van der Waals surface area (Å²) in [4.78, 5) is 21.1. The molecule has 158 valence electrons. The molecule has 0 aromatic carbocycles. The van der Waals surface area contributed by atoms with Crippen LogP contribution < -0.4 is 4.90 Å². The SMILES string of the molecule is CC(C)c1[nH]ncc1C1=Cc2c(N3CCN(C(=O)OC4COC4)CC3)ccnc2C1. The molecule has 0 saturated carbocycles. The van der Waals surface area contributed by atoms with Gasteiger partial charge in [0.2, 0.25) is 0 Å². The van der Waals surface area contributed by atoms with E-state index in [9.17, 15) is 4.79 Å². The second kappa shape index (κ2) is 7.75. The fraction of sp³-hybridized carbons (Fsp3) is 0.500. The van der Waals surface area contributed by atoms with E-state index in [1.807, 2.05) is 12.4 Å². The van der Waals surface area contributed by atoms with E-state index in [0.717, 1.165) is 25.2 Å². The number of fused-ring (bicyclic) bond motifs is 1. The van der Waals surface area contributed by atoms with Crippen molar-refractivity contribution in [2.24, 2.45) is 0 Å². The van der Waals surface area contributed by atoms with E-state index in [4.69, 9.17) is 9.47 Å². The van der Waals surface area contributed by atoms with Gasteiger partial charge in [0.1, 0.15) is 0 Å². The number of aromatic amines is 1. The zero-order valence-corrected chi connectivity index (χ0v) is 17.4. The number of pyridine rings is 1. The number of allylic oxidation sites excluding steroid dienone is 1. The number of nitrogens with one attached hydrogen (secondary N) is 1. The summed E-state index contributed by atoms with van der Waals surface area (Å²) in [5, 5.41) is 7.41. The van der Waals surface area contributed by atoms with Crippen LogP contribution in [0, 0.1) is 0 Å². The number of amides is 1. The zero-order valence-electron chi connectivity index (χ0n) is 17.4. The third-order valence-corrected chi connectivity index (χ3v) is 6.07. The Kier molecular flexibility index (Phi) is 4.94. The molecule has 2 aromatic heterocycles. The summed E-state index contributed by atoms with van der Waals surface area (Å²) in [6.45, 7) is 8.23. The Morgan fingerprint density at radius 3 is 2.77 bits per heavy atom. The van der Waals surface area contributed by atoms with Gasteiger partial charge in [-0.05, 0) is 23.6 Å². The molecule has 0 radical (unpaired) electrons. The van der Waals surface area contributed by atoms with Crippen LogP contribution in [0.1, 0.15) is 42.3 Å². The van der Waals surface area contributed by atoms with E-state index >= 15 is 0 Å². The quantitative estimate of drug-likeness (QED) is 0.836. The first-order chi connectivity index (χ1) is 14.6. The first kappa shape index (κ1) is 19.1. The lowest BCUT2D eigenvalue weighted by atomic mass is 9.99. The predicted octanol–water partition coefficient (Wildman–Crippen LogP) is 2.68. The first-order valence-corrected chi connectivity index (χ1v) is 10.6. The molecule has 2 aromatic rings. The molecule has 4 heterocycles. The van der Waals surface area contributed by atoms with Gasteiger partial charge in [-0.15, -0.1) is 0 Å². The summed E-state index contributed by atoms with van der Waals surface area (Å²) in [5.41, 5.74) is 7.08. The second-order valence-corrected chi connectivity index (χ2v) is 8.41. The molecular formula is C22H27N5O3. The van der Waals surface area contributed by atoms with E-state index in [0.29, 0.717) is 32.2 Å². The topological polar surface area (TPSA) is 83.6 Å². The number of nitrogens with zero attached hydrogens (tertiary/aromatic N) is 4. The second-order valence-electron chi connectivity index (χ2n) is 8.41. The minimum Gasteiger partial charge on any atom is -0.441 e. The number of carbonyl (C=O) groups excluding carboxylic acids is 1. The van der Waals surface area contributed by atoms with Crippen molar-refractivity contribution in [1.82, 2.24) is 20.1 Å². The zero-order chi connectivity index (χ0) is 20.7. The van der Waals surface area contributed by atoms with Crippen molar-refractivity contribution >= 4 is 23.4 Å². The Hall–Kier alpha value is -2.87. The highest BCUT2D eigenvalue weighted by atomic mass is 16.6. The molecule has 2 saturated heterocycles. The van der Waals surface area contributed by atoms with Gasteiger partial charge < -0.3 is 19.3 Å². The summed E-state index contributed by atoms with van der Waals surface area (Å²) in [7, 11) is 0. The van der Waals surface area contributed by atoms with Crippen molar-refractivity contribution < 1.29 is 14.3 Å². The molecule has 2 fully saturated rings. The average Bonchev–Trinajstić information content (AvgIpc) is 3.37. The Balaban J connectivity index is 1.31. The van der Waals surface area contributed by atoms with Gasteiger partial charge in [-0.1, -0.05) is 13.8 Å². The third kappa shape index (κ3) is 3.45. The fourth-order valence-electron chi connectivity index (χ4n) is 4.28. The fourth-order valence-corrected chi connectivity index (χ4v) is 4.28. The number of ether oxygens (including phenoxy) is 2. The molecule has 0 atom stereocenters. The van der Waals surface area contributed by atoms with Gasteiger partial charge in [-0.25, -0.2) is 4.79 Å². The van der Waals surface area contributed by atoms with Crippen LogP contribution in [-0.4, -0.2) is 71.7 Å². The van der Waals surface area contributed by atoms with Gasteiger partial charge in [0, 0.05) is 61.3 Å². The van der Waals surface area contributed by atoms with Crippen LogP contribution in [0.15, 0.2) is 18.5 Å². The number of H-pyrrole nitrogens is 1. The number of rotatable bonds is 4. The maximum atomic E-state index is 12.3. The van der Waals surface area contributed by atoms with Crippen LogP contribution in [-0.2, 0) is 15.9 Å². The molecular weight excluding hydrogens is 382 g/mol. The summed E-state index contributed by atoms with van der Waals surface area (Å²) in [6.07, 6.45) is 6.57. The first-order valence-electron chi connectivity index (χ1n) is 10.6. The van der Waals surface area contributed by atoms with Crippen LogP contribution in [0.25, 0.3) is 11.6 Å². The number of hydrogen-bond acceptors (Lipinski definition) is 6. The highest BCUT2D eigenvalue weighted by molar-refractivity contribution is 5.92. The molecule has 0 spiro atoms. The van der Waals surface area contributed by atoms with Crippen LogP contribution in [0.5, 0.6) is 0 Å². The summed E-state index contributed by atoms with van der Waals surface area (Å²) in [5.74, 6) is 0.388. The molecule has 0 unspecified atom stereocenters. The molecule has 1 N–H and O–H groups in total. The predicted molar refractivity (Wildman–Crippen MR) is 113 cm³/mol. The minimum atomic E-state index is -0.230. The van der Waals surface area contributed by atoms with Gasteiger partial charge in [0.05, 0.1) is 25.1 Å². The third-order valence-electron chi connectivity index (χ3n) is 6.07. The van der Waals surface area contributed by atoms with Crippen LogP contribution in [0.3, 0.4) is 0 Å². The smallest absolute Gasteiger partial charge is 0.410 e. The number of piperazine rings is 1. The Labute approximate surface area is 175 Å². The van der Waals surface area contributed by atoms with Crippen molar-refractivity contribution in [3.8, 4) is 0 Å². The number of hydrogen-bond donors (Lipinski definition) is 1. The van der Waals surface area contributed by atoms with Gasteiger partial charge in [0.25, 0.3) is 0 Å². The maximum Gasteiger partial charge on any atom is 0.410 e. The van der Waals surface area contributed by atoms with E-state index in [2.05, 4.69) is 46.1 Å². The summed E-state index contributed by atoms with van der Waals surface area (Å²) < 4.78 is 10.5. The van der Waals surface area contributed by atoms with Crippen molar-refractivity contribution in [2.75, 3.05) is 44.3 Å². The molecule has 1 amide bonds. The Morgan fingerprint density at radius 2 is 2.07 bits per heavy atom. The lowest BCUT2D eigenvalue weighted by Gasteiger charge is -2.37. The van der Waals surface area contributed by atoms with Gasteiger partial charge in [0.15, 0.2) is 6.10 Å². The minimum absolute atomic E-state index is 0.0822. The van der Waals surface area contributed by atoms with E-state index in [1.54, 1.807) is 4.90 Å². The lowest BCUT2D eigenvalue weighted by molar-refractivity contribution is -0.104. The van der Waals surface area contributed by atoms with Crippen LogP contribution in [0.4, 0.5) is 10.5 Å². The van der Waals surface area contributed by atoms with Gasteiger partial charge in [-0.2, -0.15) is 5.10 Å². The normalized spacial score (nSPS) is 19.0. The summed E-state index contributed by atoms with van der Waals surface area (Å²) in [6, 6.07) is 2.08. The molecule has 30 heavy (non-hydrogen) atoms. The highest BCUT2D eigenvalue weighted by Crippen LogP contribution is 2.38. The van der Waals surface area contributed by atoms with Crippen molar-refractivity contribution in [3.05, 3.63) is 41.0 Å². The molecule has 1 aliphatic carbocycles. The maximum absolute atomic E-state index is 12.3. The van der Waals surface area contributed by atoms with Crippen LogP contribution in [0.2, 0.25) is 0 Å². The van der Waals surface area contributed by atoms with Crippen molar-refractivity contribution in [3.63, 3.8) is 0 Å². The average molecular weight is 409 g/mol. The van der Waals surface area contributed by atoms with E-state index in [1.165, 1.54) is 28.1 Å². The molecule has 0 bridgehead atoms. The monoisotopic (exact) mass is 409 g/mol. The standard InChI is InChI=1S/C22H27N5O3/c1-14(2)21-18(11-24-25-21)15-9-17-19(10-15)23-4-3-20(17)26-5-7-27(8-6-26)22(28)30-16-12-29-13-16/h3-4,9,11,14,16H,5-8,10,12-13H2,1-2H3,(H,24,25). The Morgan fingerprint density at radius 1 is 1.27 bits per heavy atom. The molecule has 2 aliphatic heterocycles. The number of carbonyl (C=O) groups is 1. The van der Waals surface area contributed by atoms with Crippen LogP contribution >= 0.6 is 0 Å². The molecule has 3 aliphatic rings. The molecule has 8 heteroatoms.